The Morgan fingerprint density at radius 2 is 1.35 bits per heavy atom. The molecule has 3 amide bonds. The van der Waals surface area contributed by atoms with Gasteiger partial charge in [0.05, 0.1) is 6.42 Å². The van der Waals surface area contributed by atoms with E-state index in [4.69, 9.17) is 5.73 Å². The van der Waals surface area contributed by atoms with E-state index in [-0.39, 0.29) is 29.6 Å². The van der Waals surface area contributed by atoms with Crippen molar-refractivity contribution in [1.82, 2.24) is 15.5 Å². The summed E-state index contributed by atoms with van der Waals surface area (Å²) in [5.74, 6) is 0.187. The molecule has 1 unspecified atom stereocenters. The van der Waals surface area contributed by atoms with Gasteiger partial charge in [-0.1, -0.05) is 88.9 Å². The number of carbonyl (C=O) groups excluding carboxylic acids is 3. The average Bonchev–Trinajstić information content (AvgIpc) is 2.96. The van der Waals surface area contributed by atoms with Crippen LogP contribution in [-0.2, 0) is 20.8 Å². The zero-order valence-corrected chi connectivity index (χ0v) is 25.1. The first kappa shape index (κ1) is 33.3. The van der Waals surface area contributed by atoms with Gasteiger partial charge in [0, 0.05) is 38.0 Å². The number of hydrogen-bond acceptors (Lipinski definition) is 4. The summed E-state index contributed by atoms with van der Waals surface area (Å²) >= 11 is 0. The van der Waals surface area contributed by atoms with E-state index < -0.39 is 0 Å². The first-order valence-corrected chi connectivity index (χ1v) is 15.4. The molecule has 2 atom stereocenters. The lowest BCUT2D eigenvalue weighted by Gasteiger charge is -2.24. The van der Waals surface area contributed by atoms with Crippen molar-refractivity contribution in [2.75, 3.05) is 32.7 Å². The number of benzene rings is 2. The molecule has 2 rings (SSSR count). The van der Waals surface area contributed by atoms with Gasteiger partial charge in [-0.05, 0) is 55.0 Å². The molecule has 0 saturated heterocycles. The molecule has 7 nitrogen and oxygen atoms in total. The molecular formula is C33H52N4O3. The Labute approximate surface area is 241 Å². The van der Waals surface area contributed by atoms with Gasteiger partial charge in [0.2, 0.25) is 17.7 Å². The second-order valence-electron chi connectivity index (χ2n) is 11.1. The predicted octanol–water partition coefficient (Wildman–Crippen LogP) is 5.21. The van der Waals surface area contributed by atoms with Crippen molar-refractivity contribution in [2.24, 2.45) is 17.6 Å². The normalized spacial score (nSPS) is 12.6. The molecule has 4 N–H and O–H groups in total. The summed E-state index contributed by atoms with van der Waals surface area (Å²) in [6.07, 6.45) is 8.71. The molecule has 7 heteroatoms. The largest absolute Gasteiger partial charge is 0.356 e. The topological polar surface area (TPSA) is 105 Å². The zero-order valence-electron chi connectivity index (χ0n) is 25.1. The van der Waals surface area contributed by atoms with E-state index in [0.29, 0.717) is 52.0 Å². The van der Waals surface area contributed by atoms with Gasteiger partial charge in [0.1, 0.15) is 0 Å². The number of hydrogen-bond donors (Lipinski definition) is 3. The SMILES string of the molecule is CCCCCC(C)C(=O)NCCCN(CCCNC(=O)[C@@H](C)CCCCN)C(=O)Cc1cccc2ccccc12. The predicted molar refractivity (Wildman–Crippen MR) is 165 cm³/mol. The van der Waals surface area contributed by atoms with Gasteiger partial charge in [0.15, 0.2) is 0 Å². The van der Waals surface area contributed by atoms with Crippen LogP contribution in [0.3, 0.4) is 0 Å². The molecule has 2 aromatic carbocycles. The van der Waals surface area contributed by atoms with E-state index in [1.807, 2.05) is 43.0 Å². The maximum atomic E-state index is 13.5. The summed E-state index contributed by atoms with van der Waals surface area (Å²) in [5.41, 5.74) is 6.57. The number of unbranched alkanes of at least 4 members (excludes halogenated alkanes) is 3. The fraction of sp³-hybridized carbons (Fsp3) is 0.606. The van der Waals surface area contributed by atoms with E-state index in [0.717, 1.165) is 61.3 Å². The van der Waals surface area contributed by atoms with Gasteiger partial charge < -0.3 is 21.3 Å². The van der Waals surface area contributed by atoms with Crippen LogP contribution in [0.5, 0.6) is 0 Å². The smallest absolute Gasteiger partial charge is 0.227 e. The molecule has 0 bridgehead atoms. The molecule has 0 spiro atoms. The fourth-order valence-electron chi connectivity index (χ4n) is 4.95. The van der Waals surface area contributed by atoms with Gasteiger partial charge in [-0.2, -0.15) is 0 Å². The second-order valence-corrected chi connectivity index (χ2v) is 11.1. The summed E-state index contributed by atoms with van der Waals surface area (Å²) in [4.78, 5) is 40.2. The van der Waals surface area contributed by atoms with Crippen molar-refractivity contribution in [1.29, 1.82) is 0 Å². The molecule has 0 aliphatic heterocycles. The fourth-order valence-corrected chi connectivity index (χ4v) is 4.95. The zero-order chi connectivity index (χ0) is 29.2. The summed E-state index contributed by atoms with van der Waals surface area (Å²) in [6, 6.07) is 14.2. The third-order valence-electron chi connectivity index (χ3n) is 7.61. The van der Waals surface area contributed by atoms with Crippen LogP contribution >= 0.6 is 0 Å². The summed E-state index contributed by atoms with van der Waals surface area (Å²) in [6.45, 7) is 8.96. The van der Waals surface area contributed by atoms with E-state index in [2.05, 4.69) is 35.8 Å². The highest BCUT2D eigenvalue weighted by atomic mass is 16.2. The lowest BCUT2D eigenvalue weighted by atomic mass is 10.0. The summed E-state index contributed by atoms with van der Waals surface area (Å²) in [7, 11) is 0. The van der Waals surface area contributed by atoms with Gasteiger partial charge in [-0.15, -0.1) is 0 Å². The number of rotatable bonds is 20. The van der Waals surface area contributed by atoms with Gasteiger partial charge >= 0.3 is 0 Å². The number of carbonyl (C=O) groups is 3. The minimum Gasteiger partial charge on any atom is -0.356 e. The first-order valence-electron chi connectivity index (χ1n) is 15.4. The van der Waals surface area contributed by atoms with E-state index >= 15 is 0 Å². The number of nitrogens with two attached hydrogens (primary N) is 1. The van der Waals surface area contributed by atoms with Crippen molar-refractivity contribution in [3.63, 3.8) is 0 Å². The van der Waals surface area contributed by atoms with Gasteiger partial charge in [-0.25, -0.2) is 0 Å². The maximum absolute atomic E-state index is 13.5. The van der Waals surface area contributed by atoms with E-state index in [1.165, 1.54) is 0 Å². The Hall–Kier alpha value is -2.93. The number of amides is 3. The molecule has 222 valence electrons. The molecule has 0 heterocycles. The molecule has 0 fully saturated rings. The highest BCUT2D eigenvalue weighted by Gasteiger charge is 2.17. The maximum Gasteiger partial charge on any atom is 0.227 e. The highest BCUT2D eigenvalue weighted by molar-refractivity contribution is 5.90. The first-order chi connectivity index (χ1) is 19.4. The van der Waals surface area contributed by atoms with Crippen molar-refractivity contribution >= 4 is 28.5 Å². The van der Waals surface area contributed by atoms with Crippen LogP contribution in [0.1, 0.15) is 84.1 Å². The van der Waals surface area contributed by atoms with E-state index in [9.17, 15) is 14.4 Å². The Morgan fingerprint density at radius 1 is 0.775 bits per heavy atom. The Bertz CT molecular complexity index is 1000. The Morgan fingerprint density at radius 3 is 1.95 bits per heavy atom. The molecule has 0 saturated carbocycles. The highest BCUT2D eigenvalue weighted by Crippen LogP contribution is 2.19. The number of nitrogens with zero attached hydrogens (tertiary/aromatic N) is 1. The minimum atomic E-state index is -0.0383. The second kappa shape index (κ2) is 19.2. The van der Waals surface area contributed by atoms with Crippen molar-refractivity contribution < 1.29 is 14.4 Å². The third kappa shape index (κ3) is 12.1. The lowest BCUT2D eigenvalue weighted by Crippen LogP contribution is -2.38. The van der Waals surface area contributed by atoms with Crippen molar-refractivity contribution in [3.8, 4) is 0 Å². The van der Waals surface area contributed by atoms with Gasteiger partial charge in [-0.3, -0.25) is 14.4 Å². The molecule has 0 aliphatic carbocycles. The number of fused-ring (bicyclic) bond motifs is 1. The molecule has 2 aromatic rings. The Balaban J connectivity index is 1.91. The van der Waals surface area contributed by atoms with Crippen molar-refractivity contribution in [2.45, 2.75) is 85.0 Å². The van der Waals surface area contributed by atoms with Crippen LogP contribution in [0, 0.1) is 11.8 Å². The molecule has 40 heavy (non-hydrogen) atoms. The van der Waals surface area contributed by atoms with Gasteiger partial charge in [0.25, 0.3) is 0 Å². The summed E-state index contributed by atoms with van der Waals surface area (Å²) < 4.78 is 0. The molecule has 0 aliphatic rings. The van der Waals surface area contributed by atoms with Crippen LogP contribution in [0.4, 0.5) is 0 Å². The third-order valence-corrected chi connectivity index (χ3v) is 7.61. The quantitative estimate of drug-likeness (QED) is 0.196. The lowest BCUT2D eigenvalue weighted by molar-refractivity contribution is -0.130. The summed E-state index contributed by atoms with van der Waals surface area (Å²) in [5, 5.41) is 8.30. The Kier molecular flexibility index (Phi) is 16.0. The van der Waals surface area contributed by atoms with Crippen molar-refractivity contribution in [3.05, 3.63) is 48.0 Å². The van der Waals surface area contributed by atoms with Crippen LogP contribution in [0.2, 0.25) is 0 Å². The molecule has 0 aromatic heterocycles. The molecular weight excluding hydrogens is 500 g/mol. The van der Waals surface area contributed by atoms with Crippen LogP contribution < -0.4 is 16.4 Å². The monoisotopic (exact) mass is 552 g/mol. The number of nitrogens with one attached hydrogen (secondary N) is 2. The van der Waals surface area contributed by atoms with E-state index in [1.54, 1.807) is 0 Å². The standard InChI is InChI=1S/C33H52N4O3/c1-4-5-6-14-26(2)32(39)35-21-12-23-37(24-13-22-36-33(40)27(3)15-9-10-20-34)31(38)25-29-18-11-17-28-16-7-8-19-30(28)29/h7-8,11,16-19,26-27H,4-6,9-10,12-15,20-25,34H2,1-3H3,(H,35,39)(H,36,40)/t26?,27-/m0/s1. The molecule has 0 radical (unpaired) electrons. The average molecular weight is 553 g/mol. The van der Waals surface area contributed by atoms with Crippen LogP contribution in [-0.4, -0.2) is 55.3 Å². The van der Waals surface area contributed by atoms with Crippen LogP contribution in [0.15, 0.2) is 42.5 Å². The minimum absolute atomic E-state index is 0.0111. The van der Waals surface area contributed by atoms with Crippen LogP contribution in [0.25, 0.3) is 10.8 Å².